The van der Waals surface area contributed by atoms with Gasteiger partial charge in [-0.15, -0.1) is 0 Å². The van der Waals surface area contributed by atoms with Gasteiger partial charge in [-0.1, -0.05) is 6.07 Å². The molecule has 0 atom stereocenters. The lowest BCUT2D eigenvalue weighted by Crippen LogP contribution is -2.36. The molecule has 0 spiro atoms. The van der Waals surface area contributed by atoms with E-state index in [0.29, 0.717) is 37.8 Å². The third-order valence-electron chi connectivity index (χ3n) is 4.77. The van der Waals surface area contributed by atoms with Crippen LogP contribution in [0.25, 0.3) is 0 Å². The molecule has 3 aromatic rings. The number of aromatic nitrogens is 2. The minimum Gasteiger partial charge on any atom is -0.508 e. The van der Waals surface area contributed by atoms with Crippen molar-refractivity contribution in [3.05, 3.63) is 72.2 Å². The first-order valence-corrected chi connectivity index (χ1v) is 10.2. The zero-order valence-corrected chi connectivity index (χ0v) is 17.1. The van der Waals surface area contributed by atoms with E-state index in [0.717, 1.165) is 30.2 Å². The second-order valence-corrected chi connectivity index (χ2v) is 7.02. The topological polar surface area (TPSA) is 92.1 Å². The highest BCUT2D eigenvalue weighted by Crippen LogP contribution is 2.22. The van der Waals surface area contributed by atoms with Crippen molar-refractivity contribution >= 4 is 17.6 Å². The lowest BCUT2D eigenvalue weighted by molar-refractivity contribution is 0.122. The molecular formula is C23H25N5O3. The van der Waals surface area contributed by atoms with E-state index in [1.807, 2.05) is 30.3 Å². The van der Waals surface area contributed by atoms with E-state index >= 15 is 0 Å². The summed E-state index contributed by atoms with van der Waals surface area (Å²) in [5.41, 5.74) is 6.39. The first-order valence-electron chi connectivity index (χ1n) is 10.2. The van der Waals surface area contributed by atoms with Crippen molar-refractivity contribution in [1.82, 2.24) is 9.97 Å². The summed E-state index contributed by atoms with van der Waals surface area (Å²) in [4.78, 5) is 11.2. The average molecular weight is 419 g/mol. The van der Waals surface area contributed by atoms with Gasteiger partial charge in [-0.3, -0.25) is 10.4 Å². The molecule has 4 rings (SSSR count). The number of benzene rings is 1. The summed E-state index contributed by atoms with van der Waals surface area (Å²) in [6.45, 7) is 3.52. The second-order valence-electron chi connectivity index (χ2n) is 7.02. The molecule has 8 heteroatoms. The van der Waals surface area contributed by atoms with Crippen LogP contribution in [0.2, 0.25) is 0 Å². The fourth-order valence-corrected chi connectivity index (χ4v) is 3.17. The monoisotopic (exact) mass is 419 g/mol. The van der Waals surface area contributed by atoms with Crippen molar-refractivity contribution in [2.45, 2.75) is 6.42 Å². The number of hydrogen-bond acceptors (Lipinski definition) is 8. The number of pyridine rings is 2. The van der Waals surface area contributed by atoms with Gasteiger partial charge < -0.3 is 19.5 Å². The minimum atomic E-state index is 0.210. The fourth-order valence-electron chi connectivity index (χ4n) is 3.17. The van der Waals surface area contributed by atoms with Gasteiger partial charge in [0.2, 0.25) is 5.88 Å². The second kappa shape index (κ2) is 10.4. The summed E-state index contributed by atoms with van der Waals surface area (Å²) in [5.74, 6) is 0.757. The van der Waals surface area contributed by atoms with E-state index in [9.17, 15) is 5.11 Å². The van der Waals surface area contributed by atoms with Gasteiger partial charge in [-0.25, -0.2) is 4.98 Å². The number of aromatic hydroxyl groups is 1. The minimum absolute atomic E-state index is 0.210. The van der Waals surface area contributed by atoms with E-state index < -0.39 is 0 Å². The molecule has 0 bridgehead atoms. The van der Waals surface area contributed by atoms with Gasteiger partial charge in [0.05, 0.1) is 37.4 Å². The Morgan fingerprint density at radius 2 is 1.97 bits per heavy atom. The lowest BCUT2D eigenvalue weighted by Gasteiger charge is -2.29. The molecule has 0 aliphatic carbocycles. The SMILES string of the molecule is Oc1ccc(N/N=C\c2cc(N3CCOCC3)cc(OCCc3ccccn3)n2)cc1. The van der Waals surface area contributed by atoms with E-state index in [2.05, 4.69) is 25.4 Å². The van der Waals surface area contributed by atoms with Crippen molar-refractivity contribution in [3.8, 4) is 11.6 Å². The number of ether oxygens (including phenoxy) is 2. The highest BCUT2D eigenvalue weighted by molar-refractivity contribution is 5.80. The van der Waals surface area contributed by atoms with Crippen LogP contribution in [0, 0.1) is 0 Å². The van der Waals surface area contributed by atoms with Crippen molar-refractivity contribution < 1.29 is 14.6 Å². The number of hydrogen-bond donors (Lipinski definition) is 2. The number of hydrazone groups is 1. The van der Waals surface area contributed by atoms with Gasteiger partial charge in [0.1, 0.15) is 5.75 Å². The summed E-state index contributed by atoms with van der Waals surface area (Å²) in [5, 5.41) is 13.6. The molecular weight excluding hydrogens is 394 g/mol. The van der Waals surface area contributed by atoms with Crippen LogP contribution in [0.3, 0.4) is 0 Å². The van der Waals surface area contributed by atoms with E-state index in [4.69, 9.17) is 9.47 Å². The summed E-state index contributed by atoms with van der Waals surface area (Å²) in [6.07, 6.45) is 4.14. The summed E-state index contributed by atoms with van der Waals surface area (Å²) < 4.78 is 11.4. The number of phenols is 1. The molecule has 1 fully saturated rings. The highest BCUT2D eigenvalue weighted by Gasteiger charge is 2.14. The predicted octanol–water partition coefficient (Wildman–Crippen LogP) is 3.09. The van der Waals surface area contributed by atoms with Gasteiger partial charge in [0.25, 0.3) is 0 Å². The number of nitrogens with one attached hydrogen (secondary N) is 1. The van der Waals surface area contributed by atoms with Gasteiger partial charge in [-0.05, 0) is 42.5 Å². The predicted molar refractivity (Wildman–Crippen MR) is 120 cm³/mol. The Balaban J connectivity index is 1.46. The van der Waals surface area contributed by atoms with Crippen molar-refractivity contribution in [3.63, 3.8) is 0 Å². The molecule has 1 aromatic carbocycles. The van der Waals surface area contributed by atoms with Crippen LogP contribution in [0.15, 0.2) is 65.9 Å². The summed E-state index contributed by atoms with van der Waals surface area (Å²) in [7, 11) is 0. The maximum absolute atomic E-state index is 9.38. The van der Waals surface area contributed by atoms with Crippen molar-refractivity contribution in [2.24, 2.45) is 5.10 Å². The number of morpholine rings is 1. The van der Waals surface area contributed by atoms with Gasteiger partial charge in [0.15, 0.2) is 0 Å². The molecule has 0 unspecified atom stereocenters. The maximum Gasteiger partial charge on any atom is 0.215 e. The van der Waals surface area contributed by atoms with Gasteiger partial charge in [-0.2, -0.15) is 5.10 Å². The third-order valence-corrected chi connectivity index (χ3v) is 4.77. The molecule has 0 saturated carbocycles. The van der Waals surface area contributed by atoms with Crippen LogP contribution in [0.4, 0.5) is 11.4 Å². The lowest BCUT2D eigenvalue weighted by atomic mass is 10.2. The number of phenolic OH excluding ortho intramolecular Hbond substituents is 1. The Kier molecular flexibility index (Phi) is 6.92. The molecule has 0 radical (unpaired) electrons. The normalized spacial score (nSPS) is 14.0. The summed E-state index contributed by atoms with van der Waals surface area (Å²) in [6, 6.07) is 16.5. The van der Waals surface area contributed by atoms with Crippen molar-refractivity contribution in [2.75, 3.05) is 43.2 Å². The molecule has 8 nitrogen and oxygen atoms in total. The molecule has 160 valence electrons. The van der Waals surface area contributed by atoms with Gasteiger partial charge in [0, 0.05) is 43.2 Å². The molecule has 3 heterocycles. The highest BCUT2D eigenvalue weighted by atomic mass is 16.5. The van der Waals surface area contributed by atoms with E-state index in [1.165, 1.54) is 0 Å². The molecule has 2 aromatic heterocycles. The standard InChI is InChI=1S/C23H25N5O3/c29-22-6-4-19(5-7-22)27-25-17-20-15-21(28-10-13-30-14-11-28)16-23(26-20)31-12-8-18-3-1-2-9-24-18/h1-7,9,15-17,27,29H,8,10-14H2/b25-17-. The quantitative estimate of drug-likeness (QED) is 0.329. The summed E-state index contributed by atoms with van der Waals surface area (Å²) >= 11 is 0. The largest absolute Gasteiger partial charge is 0.508 e. The van der Waals surface area contributed by atoms with Crippen LogP contribution < -0.4 is 15.1 Å². The first-order chi connectivity index (χ1) is 15.3. The van der Waals surface area contributed by atoms with E-state index in [-0.39, 0.29) is 5.75 Å². The van der Waals surface area contributed by atoms with Crippen LogP contribution in [-0.2, 0) is 11.2 Å². The zero-order chi connectivity index (χ0) is 21.3. The van der Waals surface area contributed by atoms with Crippen LogP contribution in [-0.4, -0.2) is 54.2 Å². The Morgan fingerprint density at radius 3 is 2.74 bits per heavy atom. The van der Waals surface area contributed by atoms with Crippen molar-refractivity contribution in [1.29, 1.82) is 0 Å². The van der Waals surface area contributed by atoms with Crippen LogP contribution >= 0.6 is 0 Å². The van der Waals surface area contributed by atoms with E-state index in [1.54, 1.807) is 36.7 Å². The van der Waals surface area contributed by atoms with Crippen LogP contribution in [0.1, 0.15) is 11.4 Å². The molecule has 2 N–H and O–H groups in total. The first kappa shape index (κ1) is 20.6. The Hall–Kier alpha value is -3.65. The van der Waals surface area contributed by atoms with Crippen LogP contribution in [0.5, 0.6) is 11.6 Å². The average Bonchev–Trinajstić information content (AvgIpc) is 2.82. The number of anilines is 2. The third kappa shape index (κ3) is 6.16. The Morgan fingerprint density at radius 1 is 1.13 bits per heavy atom. The molecule has 0 amide bonds. The molecule has 1 saturated heterocycles. The Labute approximate surface area is 181 Å². The zero-order valence-electron chi connectivity index (χ0n) is 17.1. The maximum atomic E-state index is 9.38. The molecule has 1 aliphatic heterocycles. The molecule has 31 heavy (non-hydrogen) atoms. The smallest absolute Gasteiger partial charge is 0.215 e. The Bertz CT molecular complexity index is 990. The molecule has 1 aliphatic rings. The fraction of sp³-hybridized carbons (Fsp3) is 0.261. The number of nitrogens with zero attached hydrogens (tertiary/aromatic N) is 4. The van der Waals surface area contributed by atoms with Gasteiger partial charge >= 0.3 is 0 Å². The number of rotatable bonds is 8.